The second kappa shape index (κ2) is 10.7. The van der Waals surface area contributed by atoms with E-state index in [1.54, 1.807) is 0 Å². The van der Waals surface area contributed by atoms with Crippen LogP contribution in [0.1, 0.15) is 0 Å². The lowest BCUT2D eigenvalue weighted by Gasteiger charge is -2.11. The largest absolute Gasteiger partial charge is 0.455 e. The molecule has 0 aliphatic heterocycles. The maximum atomic E-state index is 6.72. The van der Waals surface area contributed by atoms with Crippen LogP contribution >= 0.6 is 0 Å². The molecule has 7 aromatic carbocycles. The Morgan fingerprint density at radius 2 is 0.745 bits per heavy atom. The lowest BCUT2D eigenvalue weighted by molar-refractivity contribution is 0.665. The number of aromatic nitrogens is 3. The van der Waals surface area contributed by atoms with Gasteiger partial charge in [0.2, 0.25) is 0 Å². The van der Waals surface area contributed by atoms with Crippen molar-refractivity contribution >= 4 is 65.8 Å². The second-order valence-electron chi connectivity index (χ2n) is 12.7. The number of furan rings is 3. The number of hydrogen-bond acceptors (Lipinski definition) is 6. The van der Waals surface area contributed by atoms with E-state index >= 15 is 0 Å². The van der Waals surface area contributed by atoms with Crippen molar-refractivity contribution < 1.29 is 13.3 Å². The summed E-state index contributed by atoms with van der Waals surface area (Å²) in [5.41, 5.74) is 9.16. The highest BCUT2D eigenvalue weighted by Crippen LogP contribution is 2.44. The smallest absolute Gasteiger partial charge is 0.167 e. The van der Waals surface area contributed by atoms with Crippen LogP contribution in [-0.4, -0.2) is 15.0 Å². The highest BCUT2D eigenvalue weighted by molar-refractivity contribution is 6.18. The van der Waals surface area contributed by atoms with E-state index in [4.69, 9.17) is 28.2 Å². The van der Waals surface area contributed by atoms with Gasteiger partial charge in [-0.25, -0.2) is 15.0 Å². The van der Waals surface area contributed by atoms with Gasteiger partial charge < -0.3 is 13.3 Å². The molecule has 6 heteroatoms. The molecule has 51 heavy (non-hydrogen) atoms. The first-order valence-electron chi connectivity index (χ1n) is 16.9. The second-order valence-corrected chi connectivity index (χ2v) is 12.7. The molecule has 11 rings (SSSR count). The van der Waals surface area contributed by atoms with Gasteiger partial charge in [0.25, 0.3) is 0 Å². The molecule has 0 aliphatic carbocycles. The molecule has 0 atom stereocenters. The maximum Gasteiger partial charge on any atom is 0.167 e. The van der Waals surface area contributed by atoms with E-state index < -0.39 is 0 Å². The molecule has 0 bridgehead atoms. The molecule has 4 aromatic heterocycles. The van der Waals surface area contributed by atoms with E-state index in [0.29, 0.717) is 17.5 Å². The summed E-state index contributed by atoms with van der Waals surface area (Å²) in [6.45, 7) is 0. The normalized spacial score (nSPS) is 11.9. The Morgan fingerprint density at radius 1 is 0.294 bits per heavy atom. The summed E-state index contributed by atoms with van der Waals surface area (Å²) >= 11 is 0. The van der Waals surface area contributed by atoms with Crippen molar-refractivity contribution in [3.05, 3.63) is 152 Å². The van der Waals surface area contributed by atoms with Crippen molar-refractivity contribution in [1.29, 1.82) is 0 Å². The molecule has 0 N–H and O–H groups in total. The number of benzene rings is 7. The lowest BCUT2D eigenvalue weighted by Crippen LogP contribution is -2.00. The lowest BCUT2D eigenvalue weighted by atomic mass is 9.96. The predicted molar refractivity (Wildman–Crippen MR) is 203 cm³/mol. The summed E-state index contributed by atoms with van der Waals surface area (Å²) in [7, 11) is 0. The highest BCUT2D eigenvalue weighted by Gasteiger charge is 2.23. The first-order valence-corrected chi connectivity index (χ1v) is 16.9. The predicted octanol–water partition coefficient (Wildman–Crippen LogP) is 12.2. The number of fused-ring (bicyclic) bond motifs is 9. The third kappa shape index (κ3) is 4.20. The fourth-order valence-electron chi connectivity index (χ4n) is 7.44. The van der Waals surface area contributed by atoms with E-state index in [0.717, 1.165) is 93.6 Å². The summed E-state index contributed by atoms with van der Waals surface area (Å²) in [5.74, 6) is 1.64. The van der Waals surface area contributed by atoms with Gasteiger partial charge in [0.1, 0.15) is 33.5 Å². The Morgan fingerprint density at radius 3 is 1.43 bits per heavy atom. The van der Waals surface area contributed by atoms with Gasteiger partial charge in [-0.2, -0.15) is 0 Å². The molecule has 0 saturated heterocycles. The van der Waals surface area contributed by atoms with Crippen LogP contribution in [0.3, 0.4) is 0 Å². The minimum absolute atomic E-state index is 0.528. The van der Waals surface area contributed by atoms with Crippen LogP contribution in [-0.2, 0) is 0 Å². The zero-order valence-electron chi connectivity index (χ0n) is 27.0. The average Bonchev–Trinajstić information content (AvgIpc) is 3.89. The summed E-state index contributed by atoms with van der Waals surface area (Å²) in [5, 5.41) is 6.11. The van der Waals surface area contributed by atoms with Crippen molar-refractivity contribution in [3.8, 4) is 45.3 Å². The van der Waals surface area contributed by atoms with Gasteiger partial charge in [-0.1, -0.05) is 115 Å². The number of nitrogens with zero attached hydrogens (tertiary/aromatic N) is 3. The van der Waals surface area contributed by atoms with Gasteiger partial charge in [-0.3, -0.25) is 0 Å². The highest BCUT2D eigenvalue weighted by atomic mass is 16.3. The molecule has 0 amide bonds. The third-order valence-corrected chi connectivity index (χ3v) is 9.77. The van der Waals surface area contributed by atoms with Crippen molar-refractivity contribution in [2.75, 3.05) is 0 Å². The molecule has 0 aliphatic rings. The average molecular weight is 656 g/mol. The van der Waals surface area contributed by atoms with Gasteiger partial charge in [-0.05, 0) is 36.4 Å². The van der Waals surface area contributed by atoms with E-state index in [-0.39, 0.29) is 0 Å². The Kier molecular flexibility index (Phi) is 5.86. The molecular weight excluding hydrogens is 631 g/mol. The molecule has 238 valence electrons. The summed E-state index contributed by atoms with van der Waals surface area (Å²) in [6, 6.07) is 50.9. The molecule has 0 fully saturated rings. The number of para-hydroxylation sites is 5. The Hall–Kier alpha value is -7.05. The van der Waals surface area contributed by atoms with Crippen molar-refractivity contribution in [1.82, 2.24) is 15.0 Å². The summed E-state index contributed by atoms with van der Waals surface area (Å²) in [4.78, 5) is 15.4. The molecule has 0 radical (unpaired) electrons. The fourth-order valence-corrected chi connectivity index (χ4v) is 7.44. The van der Waals surface area contributed by atoms with Crippen LogP contribution in [0.25, 0.3) is 111 Å². The van der Waals surface area contributed by atoms with Crippen LogP contribution < -0.4 is 0 Å². The van der Waals surface area contributed by atoms with Crippen LogP contribution in [0.15, 0.2) is 165 Å². The van der Waals surface area contributed by atoms with Gasteiger partial charge in [-0.15, -0.1) is 0 Å². The fraction of sp³-hybridized carbons (Fsp3) is 0. The third-order valence-electron chi connectivity index (χ3n) is 9.77. The minimum atomic E-state index is 0.528. The molecule has 0 saturated carbocycles. The minimum Gasteiger partial charge on any atom is -0.455 e. The van der Waals surface area contributed by atoms with Crippen molar-refractivity contribution in [2.24, 2.45) is 0 Å². The molecule has 6 nitrogen and oxygen atoms in total. The molecule has 11 aromatic rings. The van der Waals surface area contributed by atoms with Crippen LogP contribution in [0.2, 0.25) is 0 Å². The van der Waals surface area contributed by atoms with Crippen LogP contribution in [0.5, 0.6) is 0 Å². The quantitative estimate of drug-likeness (QED) is 0.188. The first kappa shape index (κ1) is 27.9. The van der Waals surface area contributed by atoms with E-state index in [1.165, 1.54) is 0 Å². The van der Waals surface area contributed by atoms with E-state index in [2.05, 4.69) is 54.6 Å². The zero-order valence-corrected chi connectivity index (χ0v) is 27.0. The van der Waals surface area contributed by atoms with Gasteiger partial charge >= 0.3 is 0 Å². The van der Waals surface area contributed by atoms with Gasteiger partial charge in [0, 0.05) is 54.6 Å². The Bertz CT molecular complexity index is 3150. The molecule has 0 spiro atoms. The Balaban J connectivity index is 1.20. The van der Waals surface area contributed by atoms with Crippen molar-refractivity contribution in [3.63, 3.8) is 0 Å². The van der Waals surface area contributed by atoms with Gasteiger partial charge in [0.05, 0.1) is 5.56 Å². The molecule has 0 unspecified atom stereocenters. The number of rotatable bonds is 4. The van der Waals surface area contributed by atoms with Crippen molar-refractivity contribution in [2.45, 2.75) is 0 Å². The summed E-state index contributed by atoms with van der Waals surface area (Å²) in [6.07, 6.45) is 0. The maximum absolute atomic E-state index is 6.72. The van der Waals surface area contributed by atoms with E-state index in [9.17, 15) is 0 Å². The monoisotopic (exact) mass is 655 g/mol. The standard InChI is InChI=1S/C45H25N3O3/c1-2-12-26(13-3-1)43-46-44(48-45(47-43)35-20-11-18-30-28-15-5-8-22-37(28)50-41(30)35)34-25-24-32(42-39(34)33-16-6-9-23-38(33)51-42)31-19-10-17-29-27-14-4-7-21-36(27)49-40(29)31/h1-25H. The van der Waals surface area contributed by atoms with Gasteiger partial charge in [0.15, 0.2) is 17.5 Å². The summed E-state index contributed by atoms with van der Waals surface area (Å²) < 4.78 is 19.6. The zero-order chi connectivity index (χ0) is 33.5. The van der Waals surface area contributed by atoms with Crippen LogP contribution in [0, 0.1) is 0 Å². The molecular formula is C45H25N3O3. The topological polar surface area (TPSA) is 78.1 Å². The Labute approximate surface area is 290 Å². The first-order chi connectivity index (χ1) is 25.3. The van der Waals surface area contributed by atoms with Crippen LogP contribution in [0.4, 0.5) is 0 Å². The molecule has 4 heterocycles. The SMILES string of the molecule is c1ccc(-c2nc(-c3cccc4c3oc3ccccc34)nc(-c3ccc(-c4cccc5c4oc4ccccc45)c4oc5ccccc5c34)n2)cc1. The van der Waals surface area contributed by atoms with E-state index in [1.807, 2.05) is 97.1 Å². The number of hydrogen-bond donors (Lipinski definition) is 0.